The minimum Gasteiger partial charge on any atom is -0.479 e. The van der Waals surface area contributed by atoms with Crippen LogP contribution < -0.4 is 20.9 Å². The average Bonchev–Trinajstić information content (AvgIpc) is 3.07. The summed E-state index contributed by atoms with van der Waals surface area (Å²) in [4.78, 5) is 51.6. The van der Waals surface area contributed by atoms with Gasteiger partial charge in [0.15, 0.2) is 0 Å². The molecule has 2 heterocycles. The Hall–Kier alpha value is -3.99. The standard InChI is InChI=1S/C18H16N4O7/c19-21-15(24)10-1-4-12(5-2-10)29-13-6-3-11(9-20-13)22-14(23)7-8-18(22,16(25)26)17(27)28/h1-6,9H,7-8,19H2,(H,21,24)(H,25,26)(H,27,28). The lowest BCUT2D eigenvalue weighted by atomic mass is 9.96. The number of aromatic nitrogens is 1. The molecule has 5 N–H and O–H groups in total. The Morgan fingerprint density at radius 2 is 1.76 bits per heavy atom. The third kappa shape index (κ3) is 3.46. The molecule has 1 aromatic carbocycles. The predicted molar refractivity (Wildman–Crippen MR) is 97.1 cm³/mol. The smallest absolute Gasteiger partial charge is 0.341 e. The normalized spacial score (nSPS) is 15.1. The molecular formula is C18H16N4O7. The Labute approximate surface area is 163 Å². The van der Waals surface area contributed by atoms with Crippen molar-refractivity contribution >= 4 is 29.4 Å². The van der Waals surface area contributed by atoms with Crippen LogP contribution in [0.1, 0.15) is 23.2 Å². The van der Waals surface area contributed by atoms with Gasteiger partial charge in [0.2, 0.25) is 17.3 Å². The van der Waals surface area contributed by atoms with Crippen LogP contribution in [0.4, 0.5) is 5.69 Å². The van der Waals surface area contributed by atoms with Gasteiger partial charge in [-0.2, -0.15) is 0 Å². The topological polar surface area (TPSA) is 172 Å². The number of nitrogen functional groups attached to an aromatic ring is 1. The number of carboxylic acids is 2. The van der Waals surface area contributed by atoms with Gasteiger partial charge in [-0.25, -0.2) is 20.4 Å². The van der Waals surface area contributed by atoms with Gasteiger partial charge in [-0.1, -0.05) is 0 Å². The average molecular weight is 400 g/mol. The van der Waals surface area contributed by atoms with Gasteiger partial charge in [-0.15, -0.1) is 0 Å². The van der Waals surface area contributed by atoms with Gasteiger partial charge in [0.05, 0.1) is 11.9 Å². The monoisotopic (exact) mass is 400 g/mol. The van der Waals surface area contributed by atoms with E-state index in [4.69, 9.17) is 10.6 Å². The lowest BCUT2D eigenvalue weighted by Crippen LogP contribution is -2.58. The van der Waals surface area contributed by atoms with Gasteiger partial charge >= 0.3 is 11.9 Å². The van der Waals surface area contributed by atoms with Crippen molar-refractivity contribution in [3.63, 3.8) is 0 Å². The molecule has 3 rings (SSSR count). The Morgan fingerprint density at radius 3 is 2.28 bits per heavy atom. The number of carbonyl (C=O) groups excluding carboxylic acids is 2. The lowest BCUT2D eigenvalue weighted by Gasteiger charge is -2.30. The first-order valence-corrected chi connectivity index (χ1v) is 8.34. The fraction of sp³-hybridized carbons (Fsp3) is 0.167. The largest absolute Gasteiger partial charge is 0.479 e. The lowest BCUT2D eigenvalue weighted by molar-refractivity contribution is -0.157. The maximum atomic E-state index is 12.2. The van der Waals surface area contributed by atoms with Crippen molar-refractivity contribution in [2.45, 2.75) is 18.4 Å². The van der Waals surface area contributed by atoms with Crippen molar-refractivity contribution in [1.29, 1.82) is 0 Å². The van der Waals surface area contributed by atoms with E-state index in [1.807, 2.05) is 5.43 Å². The molecule has 1 aliphatic heterocycles. The van der Waals surface area contributed by atoms with Crippen molar-refractivity contribution in [3.05, 3.63) is 48.2 Å². The zero-order chi connectivity index (χ0) is 21.2. The molecule has 1 aromatic heterocycles. The number of anilines is 1. The van der Waals surface area contributed by atoms with Crippen molar-refractivity contribution in [1.82, 2.24) is 10.4 Å². The molecular weight excluding hydrogens is 384 g/mol. The quantitative estimate of drug-likeness (QED) is 0.233. The van der Waals surface area contributed by atoms with Crippen LogP contribution >= 0.6 is 0 Å². The minimum atomic E-state index is -2.37. The van der Waals surface area contributed by atoms with Crippen LogP contribution in [0.15, 0.2) is 42.6 Å². The second-order valence-electron chi connectivity index (χ2n) is 6.15. The molecule has 150 valence electrons. The summed E-state index contributed by atoms with van der Waals surface area (Å²) in [6.07, 6.45) is 0.604. The van der Waals surface area contributed by atoms with Crippen LogP contribution in [-0.2, 0) is 14.4 Å². The number of carboxylic acid groups (broad SMARTS) is 2. The number of pyridine rings is 1. The van der Waals surface area contributed by atoms with E-state index in [2.05, 4.69) is 4.98 Å². The molecule has 0 atom stereocenters. The molecule has 1 saturated heterocycles. The molecule has 1 aliphatic rings. The summed E-state index contributed by atoms with van der Waals surface area (Å²) in [5.74, 6) is 1.19. The van der Waals surface area contributed by atoms with Crippen molar-refractivity contribution in [2.75, 3.05) is 4.90 Å². The first-order valence-electron chi connectivity index (χ1n) is 8.34. The molecule has 11 heteroatoms. The SMILES string of the molecule is NNC(=O)c1ccc(Oc2ccc(N3C(=O)CCC3(C(=O)O)C(=O)O)cn2)cc1. The number of carbonyl (C=O) groups is 4. The Bertz CT molecular complexity index is 959. The highest BCUT2D eigenvalue weighted by atomic mass is 16.5. The van der Waals surface area contributed by atoms with Gasteiger partial charge in [0.1, 0.15) is 5.75 Å². The number of hydrogen-bond acceptors (Lipinski definition) is 7. The van der Waals surface area contributed by atoms with E-state index in [-0.39, 0.29) is 24.4 Å². The third-order valence-corrected chi connectivity index (χ3v) is 4.49. The van der Waals surface area contributed by atoms with Crippen LogP contribution in [0.25, 0.3) is 0 Å². The number of hydrogen-bond donors (Lipinski definition) is 4. The van der Waals surface area contributed by atoms with Crippen LogP contribution in [0.5, 0.6) is 11.6 Å². The number of nitrogens with two attached hydrogens (primary N) is 1. The van der Waals surface area contributed by atoms with E-state index in [1.165, 1.54) is 36.4 Å². The highest BCUT2D eigenvalue weighted by Crippen LogP contribution is 2.36. The van der Waals surface area contributed by atoms with Crippen molar-refractivity contribution < 1.29 is 34.1 Å². The summed E-state index contributed by atoms with van der Waals surface area (Å²) in [5, 5.41) is 18.9. The molecule has 0 aliphatic carbocycles. The highest BCUT2D eigenvalue weighted by Gasteiger charge is 2.58. The second kappa shape index (κ2) is 7.56. The Kier molecular flexibility index (Phi) is 5.15. The van der Waals surface area contributed by atoms with Crippen LogP contribution in [0.2, 0.25) is 0 Å². The summed E-state index contributed by atoms with van der Waals surface area (Å²) in [6.45, 7) is 0. The maximum Gasteiger partial charge on any atom is 0.341 e. The molecule has 0 spiro atoms. The summed E-state index contributed by atoms with van der Waals surface area (Å²) < 4.78 is 5.53. The van der Waals surface area contributed by atoms with Gasteiger partial charge < -0.3 is 14.9 Å². The number of aliphatic carboxylic acids is 2. The number of benzene rings is 1. The first kappa shape index (κ1) is 19.8. The van der Waals surface area contributed by atoms with E-state index in [0.717, 1.165) is 11.1 Å². The van der Waals surface area contributed by atoms with E-state index < -0.39 is 29.3 Å². The highest BCUT2D eigenvalue weighted by molar-refractivity contribution is 6.17. The van der Waals surface area contributed by atoms with Crippen LogP contribution in [0.3, 0.4) is 0 Å². The fourth-order valence-corrected chi connectivity index (χ4v) is 3.03. The Morgan fingerprint density at radius 1 is 1.10 bits per heavy atom. The van der Waals surface area contributed by atoms with E-state index in [0.29, 0.717) is 11.3 Å². The van der Waals surface area contributed by atoms with Gasteiger partial charge in [0.25, 0.3) is 5.91 Å². The molecule has 11 nitrogen and oxygen atoms in total. The maximum absolute atomic E-state index is 12.2. The van der Waals surface area contributed by atoms with Gasteiger partial charge in [-0.05, 0) is 30.3 Å². The van der Waals surface area contributed by atoms with Crippen LogP contribution in [0, 0.1) is 0 Å². The fourth-order valence-electron chi connectivity index (χ4n) is 3.03. The summed E-state index contributed by atoms with van der Waals surface area (Å²) in [5.41, 5.74) is -0.0174. The van der Waals surface area contributed by atoms with E-state index in [1.54, 1.807) is 0 Å². The van der Waals surface area contributed by atoms with Crippen LogP contribution in [-0.4, -0.2) is 44.5 Å². The predicted octanol–water partition coefficient (Wildman–Crippen LogP) is 0.512. The van der Waals surface area contributed by atoms with Gasteiger partial charge in [-0.3, -0.25) is 19.9 Å². The Balaban J connectivity index is 1.82. The van der Waals surface area contributed by atoms with E-state index in [9.17, 15) is 29.4 Å². The molecule has 1 fully saturated rings. The molecule has 2 amide bonds. The van der Waals surface area contributed by atoms with Crippen molar-refractivity contribution in [3.8, 4) is 11.6 Å². The molecule has 2 aromatic rings. The minimum absolute atomic E-state index is 0.0274. The van der Waals surface area contributed by atoms with Crippen molar-refractivity contribution in [2.24, 2.45) is 5.84 Å². The number of rotatable bonds is 6. The summed E-state index contributed by atoms with van der Waals surface area (Å²) in [7, 11) is 0. The number of ether oxygens (including phenoxy) is 1. The zero-order valence-corrected chi connectivity index (χ0v) is 14.9. The summed E-state index contributed by atoms with van der Waals surface area (Å²) in [6, 6.07) is 8.73. The molecule has 0 saturated carbocycles. The molecule has 0 radical (unpaired) electrons. The third-order valence-electron chi connectivity index (χ3n) is 4.49. The molecule has 29 heavy (non-hydrogen) atoms. The number of amides is 2. The molecule has 0 bridgehead atoms. The molecule has 0 unspecified atom stereocenters. The zero-order valence-electron chi connectivity index (χ0n) is 14.9. The number of hydrazine groups is 1. The first-order chi connectivity index (χ1) is 13.8. The summed E-state index contributed by atoms with van der Waals surface area (Å²) >= 11 is 0. The number of nitrogens with one attached hydrogen (secondary N) is 1. The van der Waals surface area contributed by atoms with E-state index >= 15 is 0 Å². The number of nitrogens with zero attached hydrogens (tertiary/aromatic N) is 2. The second-order valence-corrected chi connectivity index (χ2v) is 6.15. The van der Waals surface area contributed by atoms with Gasteiger partial charge in [0, 0.05) is 24.5 Å².